The number of nitrogens with one attached hydrogen (secondary N) is 1. The molecule has 1 N–H and O–H groups in total. The molecule has 0 bridgehead atoms. The number of carbonyl (C=O) groups excluding carboxylic acids is 1. The lowest BCUT2D eigenvalue weighted by Gasteiger charge is -2.33. The summed E-state index contributed by atoms with van der Waals surface area (Å²) >= 11 is 0. The number of rotatable bonds is 6. The Labute approximate surface area is 163 Å². The van der Waals surface area contributed by atoms with Crippen LogP contribution in [0.1, 0.15) is 47.5 Å². The van der Waals surface area contributed by atoms with Crippen LogP contribution in [0.4, 0.5) is 10.5 Å². The number of nitrogens with zero attached hydrogens (tertiary/aromatic N) is 1. The number of amides is 2. The van der Waals surface area contributed by atoms with Crippen molar-refractivity contribution in [1.29, 1.82) is 0 Å². The highest BCUT2D eigenvalue weighted by molar-refractivity contribution is 5.89. The molecule has 146 valence electrons. The number of benzene rings is 1. The highest BCUT2D eigenvalue weighted by Crippen LogP contribution is 2.31. The van der Waals surface area contributed by atoms with Gasteiger partial charge in [-0.05, 0) is 57.4 Å². The van der Waals surface area contributed by atoms with Gasteiger partial charge in [0.15, 0.2) is 0 Å². The smallest absolute Gasteiger partial charge is 0.324 e. The van der Waals surface area contributed by atoms with Crippen molar-refractivity contribution in [2.45, 2.75) is 53.7 Å². The van der Waals surface area contributed by atoms with Crippen LogP contribution in [0.2, 0.25) is 0 Å². The average molecular weight is 369 g/mol. The van der Waals surface area contributed by atoms with Crippen LogP contribution in [0.25, 0.3) is 0 Å². The van der Waals surface area contributed by atoms with Gasteiger partial charge in [0.1, 0.15) is 6.23 Å². The van der Waals surface area contributed by atoms with Crippen LogP contribution in [0.15, 0.2) is 59.4 Å². The number of ether oxygens (including phenoxy) is 1. The summed E-state index contributed by atoms with van der Waals surface area (Å²) in [5.41, 5.74) is 6.41. The van der Waals surface area contributed by atoms with Crippen LogP contribution in [0.3, 0.4) is 0 Å². The highest BCUT2D eigenvalue weighted by Gasteiger charge is 2.39. The lowest BCUT2D eigenvalue weighted by Crippen LogP contribution is -2.46. The maximum absolute atomic E-state index is 12.7. The van der Waals surface area contributed by atoms with Crippen molar-refractivity contribution < 1.29 is 9.53 Å². The predicted molar refractivity (Wildman–Crippen MR) is 112 cm³/mol. The first-order chi connectivity index (χ1) is 12.8. The molecule has 1 aromatic carbocycles. The van der Waals surface area contributed by atoms with Gasteiger partial charge in [0.05, 0.1) is 6.61 Å². The number of para-hydroxylation sites is 1. The molecule has 1 fully saturated rings. The Balaban J connectivity index is 2.05. The highest BCUT2D eigenvalue weighted by atomic mass is 16.5. The molecule has 1 heterocycles. The second-order valence-electron chi connectivity index (χ2n) is 7.92. The average Bonchev–Trinajstić information content (AvgIpc) is 3.11. The van der Waals surface area contributed by atoms with E-state index in [1.165, 1.54) is 11.1 Å². The van der Waals surface area contributed by atoms with Crippen LogP contribution in [0, 0.1) is 5.41 Å². The van der Waals surface area contributed by atoms with Crippen molar-refractivity contribution in [2.75, 3.05) is 18.5 Å². The van der Waals surface area contributed by atoms with E-state index in [9.17, 15) is 4.79 Å². The maximum Gasteiger partial charge on any atom is 0.324 e. The van der Waals surface area contributed by atoms with Gasteiger partial charge in [0, 0.05) is 17.6 Å². The molecule has 1 aromatic rings. The van der Waals surface area contributed by atoms with Gasteiger partial charge in [-0.15, -0.1) is 5.73 Å². The molecular formula is C23H32N2O2. The third kappa shape index (κ3) is 6.42. The van der Waals surface area contributed by atoms with Crippen molar-refractivity contribution in [3.05, 3.63) is 59.4 Å². The summed E-state index contributed by atoms with van der Waals surface area (Å²) in [5.74, 6) is 0. The summed E-state index contributed by atoms with van der Waals surface area (Å²) in [6.07, 6.45) is 6.00. The first-order valence-electron chi connectivity index (χ1n) is 9.60. The minimum atomic E-state index is -0.331. The van der Waals surface area contributed by atoms with Crippen molar-refractivity contribution in [3.8, 4) is 0 Å². The van der Waals surface area contributed by atoms with Crippen LogP contribution in [0.5, 0.6) is 0 Å². The van der Waals surface area contributed by atoms with Gasteiger partial charge in [-0.2, -0.15) is 0 Å². The Kier molecular flexibility index (Phi) is 7.46. The van der Waals surface area contributed by atoms with Crippen LogP contribution in [-0.2, 0) is 4.74 Å². The molecule has 27 heavy (non-hydrogen) atoms. The summed E-state index contributed by atoms with van der Waals surface area (Å²) in [6, 6.07) is 9.37. The molecule has 2 rings (SSSR count). The zero-order valence-corrected chi connectivity index (χ0v) is 17.2. The van der Waals surface area contributed by atoms with E-state index in [1.807, 2.05) is 36.4 Å². The molecule has 4 nitrogen and oxygen atoms in total. The molecule has 1 saturated heterocycles. The summed E-state index contributed by atoms with van der Waals surface area (Å²) in [7, 11) is 0. The Hall–Kier alpha value is -2.29. The minimum absolute atomic E-state index is 0.130. The zero-order chi connectivity index (χ0) is 19.9. The number of carbonyl (C=O) groups is 1. The molecule has 1 unspecified atom stereocenters. The molecule has 2 amide bonds. The van der Waals surface area contributed by atoms with Crippen LogP contribution < -0.4 is 5.32 Å². The third-order valence-corrected chi connectivity index (χ3v) is 4.58. The van der Waals surface area contributed by atoms with Crippen molar-refractivity contribution in [3.63, 3.8) is 0 Å². The van der Waals surface area contributed by atoms with Crippen molar-refractivity contribution in [2.24, 2.45) is 5.41 Å². The molecular weight excluding hydrogens is 336 g/mol. The zero-order valence-electron chi connectivity index (χ0n) is 17.2. The Morgan fingerprint density at radius 2 is 2.00 bits per heavy atom. The lowest BCUT2D eigenvalue weighted by molar-refractivity contribution is -0.0137. The molecule has 0 aromatic heterocycles. The largest absolute Gasteiger partial charge is 0.355 e. The second kappa shape index (κ2) is 9.59. The van der Waals surface area contributed by atoms with Gasteiger partial charge < -0.3 is 10.1 Å². The SMILES string of the molecule is CC(=C=CC(C)(C)C1OCCN1C(=O)Nc1ccccc1)CCC=C(C)C. The van der Waals surface area contributed by atoms with E-state index in [2.05, 4.69) is 51.7 Å². The van der Waals surface area contributed by atoms with E-state index in [-0.39, 0.29) is 17.7 Å². The fourth-order valence-electron chi connectivity index (χ4n) is 3.04. The summed E-state index contributed by atoms with van der Waals surface area (Å²) in [5, 5.41) is 2.95. The lowest BCUT2D eigenvalue weighted by atomic mass is 9.90. The molecule has 0 spiro atoms. The van der Waals surface area contributed by atoms with Gasteiger partial charge in [0.2, 0.25) is 0 Å². The number of hydrogen-bond donors (Lipinski definition) is 1. The summed E-state index contributed by atoms with van der Waals surface area (Å²) < 4.78 is 5.91. The van der Waals surface area contributed by atoms with E-state index in [0.717, 1.165) is 18.5 Å². The fraction of sp³-hybridized carbons (Fsp3) is 0.478. The number of allylic oxidation sites excluding steroid dienone is 2. The molecule has 4 heteroatoms. The second-order valence-corrected chi connectivity index (χ2v) is 7.92. The monoisotopic (exact) mass is 368 g/mol. The summed E-state index contributed by atoms with van der Waals surface area (Å²) in [4.78, 5) is 14.5. The van der Waals surface area contributed by atoms with Crippen LogP contribution in [-0.4, -0.2) is 30.3 Å². The van der Waals surface area contributed by atoms with Gasteiger partial charge in [-0.25, -0.2) is 4.79 Å². The first kappa shape index (κ1) is 21.0. The molecule has 1 aliphatic heterocycles. The topological polar surface area (TPSA) is 41.6 Å². The minimum Gasteiger partial charge on any atom is -0.355 e. The summed E-state index contributed by atoms with van der Waals surface area (Å²) in [6.45, 7) is 11.6. The maximum atomic E-state index is 12.7. The van der Waals surface area contributed by atoms with E-state index in [0.29, 0.717) is 13.2 Å². The van der Waals surface area contributed by atoms with Crippen LogP contribution >= 0.6 is 0 Å². The van der Waals surface area contributed by atoms with E-state index in [1.54, 1.807) is 4.90 Å². The third-order valence-electron chi connectivity index (χ3n) is 4.58. The van der Waals surface area contributed by atoms with Gasteiger partial charge in [-0.1, -0.05) is 43.7 Å². The predicted octanol–water partition coefficient (Wildman–Crippen LogP) is 5.75. The normalized spacial score (nSPS) is 16.5. The number of anilines is 1. The van der Waals surface area contributed by atoms with Gasteiger partial charge >= 0.3 is 6.03 Å². The van der Waals surface area contributed by atoms with E-state index >= 15 is 0 Å². The molecule has 1 aliphatic rings. The van der Waals surface area contributed by atoms with Gasteiger partial charge in [-0.3, -0.25) is 4.90 Å². The Morgan fingerprint density at radius 1 is 1.30 bits per heavy atom. The molecule has 0 saturated carbocycles. The Morgan fingerprint density at radius 3 is 2.67 bits per heavy atom. The standard InChI is InChI=1S/C23H32N2O2/c1-18(2)10-9-11-19(3)14-15-23(4,5)21-25(16-17-27-21)22(26)24-20-12-7-6-8-13-20/h6-8,10,12-13,15,21H,9,11,16-17H2,1-5H3,(H,24,26). The molecule has 1 atom stereocenters. The fourth-order valence-corrected chi connectivity index (χ4v) is 3.04. The number of urea groups is 1. The molecule has 0 aliphatic carbocycles. The van der Waals surface area contributed by atoms with E-state index in [4.69, 9.17) is 4.74 Å². The van der Waals surface area contributed by atoms with E-state index < -0.39 is 0 Å². The Bertz CT molecular complexity index is 724. The first-order valence-corrected chi connectivity index (χ1v) is 9.60. The quantitative estimate of drug-likeness (QED) is 0.513. The van der Waals surface area contributed by atoms with Crippen molar-refractivity contribution >= 4 is 11.7 Å². The van der Waals surface area contributed by atoms with Gasteiger partial charge in [0.25, 0.3) is 0 Å². The van der Waals surface area contributed by atoms with Crippen molar-refractivity contribution in [1.82, 2.24) is 4.90 Å². The number of hydrogen-bond acceptors (Lipinski definition) is 2. The molecule has 0 radical (unpaired) electrons.